The zero-order chi connectivity index (χ0) is 19.9. The zero-order valence-corrected chi connectivity index (χ0v) is 16.3. The molecule has 148 valence electrons. The van der Waals surface area contributed by atoms with Gasteiger partial charge in [0, 0.05) is 17.8 Å². The number of ether oxygens (including phenoxy) is 1. The maximum Gasteiger partial charge on any atom is 0.328 e. The summed E-state index contributed by atoms with van der Waals surface area (Å²) in [6, 6.07) is 17.0. The molecule has 2 aromatic carbocycles. The second kappa shape index (κ2) is 9.40. The van der Waals surface area contributed by atoms with Gasteiger partial charge >= 0.3 is 5.97 Å². The summed E-state index contributed by atoms with van der Waals surface area (Å²) >= 11 is 0. The van der Waals surface area contributed by atoms with Crippen molar-refractivity contribution in [2.75, 3.05) is 18.1 Å². The molecule has 5 heteroatoms. The number of benzene rings is 2. The molecule has 5 nitrogen and oxygen atoms in total. The number of carbonyl (C=O) groups excluding carboxylic acids is 2. The molecule has 1 aliphatic rings. The Morgan fingerprint density at radius 3 is 2.54 bits per heavy atom. The first kappa shape index (κ1) is 19.9. The minimum absolute atomic E-state index is 0.0902. The van der Waals surface area contributed by atoms with Gasteiger partial charge in [-0.3, -0.25) is 4.79 Å². The predicted octanol–water partition coefficient (Wildman–Crippen LogP) is 3.88. The molecule has 0 aliphatic carbocycles. The largest absolute Gasteiger partial charge is 0.464 e. The standard InChI is InChI=1S/C23H28N2O3/c1-2-3-15-28-23(27)21-16-17(19-11-7-8-12-20(19)22(24)26)13-14-25(21)18-9-5-4-6-10-18/h4-12,17,21H,2-3,13-16H2,1H3,(H2,24,26). The quantitative estimate of drug-likeness (QED) is 0.584. The van der Waals surface area contributed by atoms with Gasteiger partial charge in [-0.05, 0) is 48.9 Å². The SMILES string of the molecule is CCCCOC(=O)C1CC(c2ccccc2C(N)=O)CCN1c1ccccc1. The highest BCUT2D eigenvalue weighted by atomic mass is 16.5. The lowest BCUT2D eigenvalue weighted by Gasteiger charge is -2.40. The highest BCUT2D eigenvalue weighted by Crippen LogP contribution is 2.36. The molecule has 28 heavy (non-hydrogen) atoms. The van der Waals surface area contributed by atoms with Crippen LogP contribution in [0.1, 0.15) is 54.4 Å². The molecule has 2 N–H and O–H groups in total. The molecule has 0 radical (unpaired) electrons. The lowest BCUT2D eigenvalue weighted by Crippen LogP contribution is -2.48. The van der Waals surface area contributed by atoms with E-state index in [-0.39, 0.29) is 17.9 Å². The molecular formula is C23H28N2O3. The van der Waals surface area contributed by atoms with Crippen LogP contribution in [0.2, 0.25) is 0 Å². The van der Waals surface area contributed by atoms with Crippen molar-refractivity contribution in [3.8, 4) is 0 Å². The average Bonchev–Trinajstić information content (AvgIpc) is 2.74. The number of nitrogens with two attached hydrogens (primary N) is 1. The molecule has 0 aromatic heterocycles. The first-order valence-corrected chi connectivity index (χ1v) is 9.98. The smallest absolute Gasteiger partial charge is 0.328 e. The van der Waals surface area contributed by atoms with E-state index < -0.39 is 5.91 Å². The van der Waals surface area contributed by atoms with Gasteiger partial charge in [0.1, 0.15) is 6.04 Å². The topological polar surface area (TPSA) is 72.6 Å². The van der Waals surface area contributed by atoms with Gasteiger partial charge in [0.15, 0.2) is 0 Å². The monoisotopic (exact) mass is 380 g/mol. The first-order valence-electron chi connectivity index (χ1n) is 9.98. The van der Waals surface area contributed by atoms with Crippen LogP contribution in [0.15, 0.2) is 54.6 Å². The van der Waals surface area contributed by atoms with E-state index in [0.29, 0.717) is 18.6 Å². The Kier molecular flexibility index (Phi) is 6.69. The molecule has 2 aromatic rings. The molecule has 1 fully saturated rings. The number of amides is 1. The number of esters is 1. The molecule has 3 rings (SSSR count). The van der Waals surface area contributed by atoms with Crippen LogP contribution in [-0.2, 0) is 9.53 Å². The molecule has 1 heterocycles. The van der Waals surface area contributed by atoms with Crippen molar-refractivity contribution in [3.05, 3.63) is 65.7 Å². The molecule has 0 saturated carbocycles. The van der Waals surface area contributed by atoms with Crippen LogP contribution in [0.5, 0.6) is 0 Å². The van der Waals surface area contributed by atoms with Gasteiger partial charge in [-0.15, -0.1) is 0 Å². The van der Waals surface area contributed by atoms with Crippen LogP contribution in [-0.4, -0.2) is 31.1 Å². The number of hydrogen-bond acceptors (Lipinski definition) is 4. The second-order valence-electron chi connectivity index (χ2n) is 7.24. The fourth-order valence-corrected chi connectivity index (χ4v) is 3.89. The second-order valence-corrected chi connectivity index (χ2v) is 7.24. The summed E-state index contributed by atoms with van der Waals surface area (Å²) in [5.74, 6) is -0.533. The highest BCUT2D eigenvalue weighted by Gasteiger charge is 2.36. The van der Waals surface area contributed by atoms with Gasteiger partial charge in [-0.1, -0.05) is 49.7 Å². The van der Waals surface area contributed by atoms with Gasteiger partial charge < -0.3 is 15.4 Å². The number of anilines is 1. The number of hydrogen-bond donors (Lipinski definition) is 1. The van der Waals surface area contributed by atoms with E-state index >= 15 is 0 Å². The molecule has 0 spiro atoms. The summed E-state index contributed by atoms with van der Waals surface area (Å²) in [5.41, 5.74) is 8.06. The Morgan fingerprint density at radius 1 is 1.11 bits per heavy atom. The number of primary amides is 1. The fourth-order valence-electron chi connectivity index (χ4n) is 3.89. The third-order valence-corrected chi connectivity index (χ3v) is 5.37. The van der Waals surface area contributed by atoms with Crippen LogP contribution in [0.25, 0.3) is 0 Å². The van der Waals surface area contributed by atoms with Crippen LogP contribution in [0.4, 0.5) is 5.69 Å². The van der Waals surface area contributed by atoms with E-state index in [1.165, 1.54) is 0 Å². The third-order valence-electron chi connectivity index (χ3n) is 5.37. The summed E-state index contributed by atoms with van der Waals surface area (Å²) < 4.78 is 5.56. The van der Waals surface area contributed by atoms with Gasteiger partial charge in [-0.2, -0.15) is 0 Å². The third kappa shape index (κ3) is 4.53. The number of rotatable bonds is 7. The lowest BCUT2D eigenvalue weighted by molar-refractivity contribution is -0.146. The van der Waals surface area contributed by atoms with E-state index in [1.807, 2.05) is 48.5 Å². The Balaban J connectivity index is 1.85. The Hall–Kier alpha value is -2.82. The summed E-state index contributed by atoms with van der Waals surface area (Å²) in [5, 5.41) is 0. The van der Waals surface area contributed by atoms with Gasteiger partial charge in [0.25, 0.3) is 0 Å². The molecule has 2 unspecified atom stereocenters. The number of piperidine rings is 1. The molecular weight excluding hydrogens is 352 g/mol. The minimum atomic E-state index is -0.428. The molecule has 2 atom stereocenters. The predicted molar refractivity (Wildman–Crippen MR) is 110 cm³/mol. The van der Waals surface area contributed by atoms with Crippen molar-refractivity contribution >= 4 is 17.6 Å². The first-order chi connectivity index (χ1) is 13.6. The minimum Gasteiger partial charge on any atom is -0.464 e. The number of unbranched alkanes of at least 4 members (excludes halogenated alkanes) is 1. The van der Waals surface area contributed by atoms with E-state index in [1.54, 1.807) is 6.07 Å². The zero-order valence-electron chi connectivity index (χ0n) is 16.3. The maximum absolute atomic E-state index is 12.9. The van der Waals surface area contributed by atoms with E-state index in [2.05, 4.69) is 11.8 Å². The van der Waals surface area contributed by atoms with Crippen LogP contribution < -0.4 is 10.6 Å². The number of para-hydroxylation sites is 1. The molecule has 1 amide bonds. The Bertz CT molecular complexity index is 807. The molecule has 1 aliphatic heterocycles. The van der Waals surface area contributed by atoms with Crippen LogP contribution in [0.3, 0.4) is 0 Å². The van der Waals surface area contributed by atoms with Gasteiger partial charge in [-0.25, -0.2) is 4.79 Å². The maximum atomic E-state index is 12.9. The number of carbonyl (C=O) groups is 2. The summed E-state index contributed by atoms with van der Waals surface area (Å²) in [7, 11) is 0. The van der Waals surface area contributed by atoms with Crippen molar-refractivity contribution in [2.45, 2.75) is 44.6 Å². The van der Waals surface area contributed by atoms with Crippen LogP contribution in [0, 0.1) is 0 Å². The van der Waals surface area contributed by atoms with Crippen molar-refractivity contribution in [3.63, 3.8) is 0 Å². The molecule has 0 bridgehead atoms. The molecule has 1 saturated heterocycles. The highest BCUT2D eigenvalue weighted by molar-refractivity contribution is 5.94. The lowest BCUT2D eigenvalue weighted by atomic mass is 9.82. The Morgan fingerprint density at radius 2 is 1.82 bits per heavy atom. The Labute approximate surface area is 166 Å². The summed E-state index contributed by atoms with van der Waals surface area (Å²) in [6.45, 7) is 3.23. The summed E-state index contributed by atoms with van der Waals surface area (Å²) in [6.07, 6.45) is 3.29. The average molecular weight is 380 g/mol. The van der Waals surface area contributed by atoms with Crippen molar-refractivity contribution < 1.29 is 14.3 Å². The van der Waals surface area contributed by atoms with Crippen molar-refractivity contribution in [1.29, 1.82) is 0 Å². The van der Waals surface area contributed by atoms with E-state index in [0.717, 1.165) is 37.1 Å². The van der Waals surface area contributed by atoms with Gasteiger partial charge in [0.2, 0.25) is 5.91 Å². The van der Waals surface area contributed by atoms with Crippen LogP contribution >= 0.6 is 0 Å². The normalized spacial score (nSPS) is 19.2. The van der Waals surface area contributed by atoms with E-state index in [9.17, 15) is 9.59 Å². The van der Waals surface area contributed by atoms with Gasteiger partial charge in [0.05, 0.1) is 6.61 Å². The number of nitrogens with zero attached hydrogens (tertiary/aromatic N) is 1. The van der Waals surface area contributed by atoms with Crippen molar-refractivity contribution in [2.24, 2.45) is 5.73 Å². The summed E-state index contributed by atoms with van der Waals surface area (Å²) in [4.78, 5) is 26.9. The van der Waals surface area contributed by atoms with Crippen molar-refractivity contribution in [1.82, 2.24) is 0 Å². The van der Waals surface area contributed by atoms with E-state index in [4.69, 9.17) is 10.5 Å². The fraction of sp³-hybridized carbons (Fsp3) is 0.391.